The van der Waals surface area contributed by atoms with Gasteiger partial charge >= 0.3 is 0 Å². The van der Waals surface area contributed by atoms with Crippen molar-refractivity contribution in [1.82, 2.24) is 4.98 Å². The van der Waals surface area contributed by atoms with Gasteiger partial charge in [-0.25, -0.2) is 4.98 Å². The number of hydrogen-bond donors (Lipinski definition) is 0. The van der Waals surface area contributed by atoms with Gasteiger partial charge < -0.3 is 4.90 Å². The second-order valence-electron chi connectivity index (χ2n) is 4.69. The fraction of sp³-hybridized carbons (Fsp3) is 0.118. The normalized spacial score (nSPS) is 10.7. The molecule has 3 rings (SSSR count). The zero-order chi connectivity index (χ0) is 13.9. The van der Waals surface area contributed by atoms with E-state index in [0.29, 0.717) is 5.88 Å². The van der Waals surface area contributed by atoms with Gasteiger partial charge in [-0.15, -0.1) is 11.6 Å². The summed E-state index contributed by atoms with van der Waals surface area (Å²) in [5.74, 6) is 1.36. The molecule has 3 aromatic rings. The summed E-state index contributed by atoms with van der Waals surface area (Å²) in [5, 5.41) is 1.12. The Morgan fingerprint density at radius 3 is 2.45 bits per heavy atom. The van der Waals surface area contributed by atoms with Gasteiger partial charge in [-0.1, -0.05) is 36.4 Å². The largest absolute Gasteiger partial charge is 0.329 e. The van der Waals surface area contributed by atoms with Crippen molar-refractivity contribution in [3.05, 3.63) is 66.2 Å². The molecule has 1 aromatic heterocycles. The van der Waals surface area contributed by atoms with Gasteiger partial charge in [-0.2, -0.15) is 0 Å². The third kappa shape index (κ3) is 2.35. The fourth-order valence-corrected chi connectivity index (χ4v) is 2.51. The average Bonchev–Trinajstić information content (AvgIpc) is 2.53. The Hall–Kier alpha value is -2.06. The van der Waals surface area contributed by atoms with Crippen molar-refractivity contribution in [2.45, 2.75) is 5.88 Å². The average molecular weight is 283 g/mol. The van der Waals surface area contributed by atoms with Crippen molar-refractivity contribution in [2.24, 2.45) is 0 Å². The van der Waals surface area contributed by atoms with Crippen molar-refractivity contribution in [3.63, 3.8) is 0 Å². The number of alkyl halides is 1. The third-order valence-corrected chi connectivity index (χ3v) is 3.67. The number of hydrogen-bond acceptors (Lipinski definition) is 2. The predicted molar refractivity (Wildman–Crippen MR) is 85.8 cm³/mol. The highest BCUT2D eigenvalue weighted by molar-refractivity contribution is 6.17. The molecule has 0 aliphatic rings. The van der Waals surface area contributed by atoms with E-state index in [2.05, 4.69) is 29.2 Å². The molecule has 0 fully saturated rings. The van der Waals surface area contributed by atoms with Crippen LogP contribution in [-0.2, 0) is 5.88 Å². The van der Waals surface area contributed by atoms with Crippen LogP contribution in [0.3, 0.4) is 0 Å². The predicted octanol–water partition coefficient (Wildman–Crippen LogP) is 4.74. The summed E-state index contributed by atoms with van der Waals surface area (Å²) in [5.41, 5.74) is 3.12. The van der Waals surface area contributed by atoms with Gasteiger partial charge in [0.15, 0.2) is 0 Å². The van der Waals surface area contributed by atoms with Gasteiger partial charge in [-0.3, -0.25) is 0 Å². The van der Waals surface area contributed by atoms with Crippen LogP contribution in [-0.4, -0.2) is 12.0 Å². The van der Waals surface area contributed by atoms with E-state index in [1.807, 2.05) is 43.4 Å². The van der Waals surface area contributed by atoms with Crippen LogP contribution in [0.2, 0.25) is 0 Å². The number of aromatic nitrogens is 1. The molecule has 0 amide bonds. The van der Waals surface area contributed by atoms with Crippen LogP contribution in [0.15, 0.2) is 60.7 Å². The Morgan fingerprint density at radius 1 is 1.00 bits per heavy atom. The number of anilines is 2. The Bertz CT molecular complexity index is 725. The molecule has 0 N–H and O–H groups in total. The first kappa shape index (κ1) is 12.9. The highest BCUT2D eigenvalue weighted by atomic mass is 35.5. The summed E-state index contributed by atoms with van der Waals surface area (Å²) in [7, 11) is 2.02. The van der Waals surface area contributed by atoms with E-state index in [1.165, 1.54) is 0 Å². The molecule has 0 saturated carbocycles. The first-order chi connectivity index (χ1) is 9.79. The first-order valence-electron chi connectivity index (χ1n) is 6.53. The Balaban J connectivity index is 2.14. The minimum Gasteiger partial charge on any atom is -0.329 e. The molecule has 0 saturated heterocycles. The lowest BCUT2D eigenvalue weighted by Crippen LogP contribution is -2.13. The standard InChI is InChI=1S/C17H15ClN2/c1-20(15-8-3-2-4-9-15)17-14(12-18)11-13-7-5-6-10-16(13)19-17/h2-11H,12H2,1H3. The van der Waals surface area contributed by atoms with Crippen LogP contribution < -0.4 is 4.90 Å². The highest BCUT2D eigenvalue weighted by Gasteiger charge is 2.11. The molecule has 0 unspecified atom stereocenters. The van der Waals surface area contributed by atoms with E-state index in [4.69, 9.17) is 16.6 Å². The van der Waals surface area contributed by atoms with E-state index >= 15 is 0 Å². The number of nitrogens with zero attached hydrogens (tertiary/aromatic N) is 2. The molecule has 3 heteroatoms. The van der Waals surface area contributed by atoms with Gasteiger partial charge in [0.25, 0.3) is 0 Å². The molecule has 0 bridgehead atoms. The zero-order valence-corrected chi connectivity index (χ0v) is 12.0. The summed E-state index contributed by atoms with van der Waals surface area (Å²) in [4.78, 5) is 6.84. The minimum atomic E-state index is 0.449. The maximum Gasteiger partial charge on any atom is 0.137 e. The van der Waals surface area contributed by atoms with Gasteiger partial charge in [0.05, 0.1) is 11.4 Å². The molecule has 0 atom stereocenters. The molecular weight excluding hydrogens is 268 g/mol. The summed E-state index contributed by atoms with van der Waals surface area (Å²) < 4.78 is 0. The van der Waals surface area contributed by atoms with Crippen LogP contribution in [0.25, 0.3) is 10.9 Å². The third-order valence-electron chi connectivity index (χ3n) is 3.39. The molecule has 2 nitrogen and oxygen atoms in total. The maximum absolute atomic E-state index is 6.10. The molecule has 0 spiro atoms. The van der Waals surface area contributed by atoms with E-state index in [0.717, 1.165) is 28.0 Å². The number of para-hydroxylation sites is 2. The molecule has 1 heterocycles. The summed E-state index contributed by atoms with van der Waals surface area (Å²) in [6.07, 6.45) is 0. The van der Waals surface area contributed by atoms with Crippen molar-refractivity contribution in [1.29, 1.82) is 0 Å². The van der Waals surface area contributed by atoms with Crippen LogP contribution >= 0.6 is 11.6 Å². The number of fused-ring (bicyclic) bond motifs is 1. The second kappa shape index (κ2) is 5.51. The van der Waals surface area contributed by atoms with E-state index in [-0.39, 0.29) is 0 Å². The van der Waals surface area contributed by atoms with E-state index < -0.39 is 0 Å². The van der Waals surface area contributed by atoms with Crippen LogP contribution in [0.4, 0.5) is 11.5 Å². The summed E-state index contributed by atoms with van der Waals surface area (Å²) >= 11 is 6.10. The van der Waals surface area contributed by atoms with Crippen LogP contribution in [0.1, 0.15) is 5.56 Å². The van der Waals surface area contributed by atoms with E-state index in [9.17, 15) is 0 Å². The molecular formula is C17H15ClN2. The molecule has 0 aliphatic carbocycles. The monoisotopic (exact) mass is 282 g/mol. The smallest absolute Gasteiger partial charge is 0.137 e. The van der Waals surface area contributed by atoms with Gasteiger partial charge in [0.1, 0.15) is 5.82 Å². The molecule has 0 radical (unpaired) electrons. The Kier molecular flexibility index (Phi) is 3.57. The van der Waals surface area contributed by atoms with E-state index in [1.54, 1.807) is 0 Å². The first-order valence-corrected chi connectivity index (χ1v) is 7.06. The summed E-state index contributed by atoms with van der Waals surface area (Å²) in [6.45, 7) is 0. The number of pyridine rings is 1. The topological polar surface area (TPSA) is 16.1 Å². The number of halogens is 1. The quantitative estimate of drug-likeness (QED) is 0.645. The molecule has 100 valence electrons. The van der Waals surface area contributed by atoms with Crippen LogP contribution in [0.5, 0.6) is 0 Å². The van der Waals surface area contributed by atoms with Gasteiger partial charge in [0, 0.05) is 23.7 Å². The number of benzene rings is 2. The lowest BCUT2D eigenvalue weighted by atomic mass is 10.1. The lowest BCUT2D eigenvalue weighted by molar-refractivity contribution is 1.12. The van der Waals surface area contributed by atoms with Crippen LogP contribution in [0, 0.1) is 0 Å². The lowest BCUT2D eigenvalue weighted by Gasteiger charge is -2.21. The SMILES string of the molecule is CN(c1ccccc1)c1nc2ccccc2cc1CCl. The molecule has 20 heavy (non-hydrogen) atoms. The van der Waals surface area contributed by atoms with Crippen molar-refractivity contribution >= 4 is 34.0 Å². The maximum atomic E-state index is 6.10. The molecule has 0 aliphatic heterocycles. The van der Waals surface area contributed by atoms with Gasteiger partial charge in [-0.05, 0) is 24.3 Å². The Labute approximate surface area is 123 Å². The minimum absolute atomic E-state index is 0.449. The van der Waals surface area contributed by atoms with Crippen molar-refractivity contribution in [3.8, 4) is 0 Å². The molecule has 2 aromatic carbocycles. The fourth-order valence-electron chi connectivity index (χ4n) is 2.31. The second-order valence-corrected chi connectivity index (χ2v) is 4.96. The summed E-state index contributed by atoms with van der Waals surface area (Å²) in [6, 6.07) is 20.4. The van der Waals surface area contributed by atoms with Crippen molar-refractivity contribution < 1.29 is 0 Å². The highest BCUT2D eigenvalue weighted by Crippen LogP contribution is 2.29. The van der Waals surface area contributed by atoms with Gasteiger partial charge in [0.2, 0.25) is 0 Å². The van der Waals surface area contributed by atoms with Crippen molar-refractivity contribution in [2.75, 3.05) is 11.9 Å². The number of rotatable bonds is 3. The Morgan fingerprint density at radius 2 is 1.70 bits per heavy atom. The zero-order valence-electron chi connectivity index (χ0n) is 11.3.